The summed E-state index contributed by atoms with van der Waals surface area (Å²) in [6.45, 7) is 1.97. The standard InChI is InChI=1S/C11H13N3/c1-9(12)10-4-2-5-11(8-10)14-7-3-6-13-14/h2-9H,12H2,1H3. The van der Waals surface area contributed by atoms with Crippen LogP contribution in [0.15, 0.2) is 42.7 Å². The van der Waals surface area contributed by atoms with E-state index in [4.69, 9.17) is 5.73 Å². The van der Waals surface area contributed by atoms with Gasteiger partial charge in [-0.15, -0.1) is 0 Å². The molecule has 0 saturated carbocycles. The Morgan fingerprint density at radius 3 is 2.86 bits per heavy atom. The zero-order valence-electron chi connectivity index (χ0n) is 8.09. The molecule has 2 aromatic rings. The van der Waals surface area contributed by atoms with Gasteiger partial charge in [0.25, 0.3) is 0 Å². The number of benzene rings is 1. The maximum atomic E-state index is 5.81. The molecule has 0 saturated heterocycles. The minimum absolute atomic E-state index is 0.0607. The Hall–Kier alpha value is -1.61. The topological polar surface area (TPSA) is 43.8 Å². The Balaban J connectivity index is 2.41. The summed E-state index contributed by atoms with van der Waals surface area (Å²) in [5, 5.41) is 4.16. The van der Waals surface area contributed by atoms with E-state index in [0.29, 0.717) is 0 Å². The number of nitrogens with two attached hydrogens (primary N) is 1. The average molecular weight is 187 g/mol. The summed E-state index contributed by atoms with van der Waals surface area (Å²) in [6, 6.07) is 10.0. The monoisotopic (exact) mass is 187 g/mol. The van der Waals surface area contributed by atoms with E-state index in [9.17, 15) is 0 Å². The van der Waals surface area contributed by atoms with E-state index in [0.717, 1.165) is 11.3 Å². The van der Waals surface area contributed by atoms with Crippen molar-refractivity contribution in [2.45, 2.75) is 13.0 Å². The number of hydrogen-bond donors (Lipinski definition) is 1. The molecule has 0 bridgehead atoms. The van der Waals surface area contributed by atoms with Crippen LogP contribution in [0, 0.1) is 0 Å². The van der Waals surface area contributed by atoms with E-state index in [1.54, 1.807) is 6.20 Å². The highest BCUT2D eigenvalue weighted by Gasteiger charge is 2.01. The zero-order valence-corrected chi connectivity index (χ0v) is 8.09. The van der Waals surface area contributed by atoms with E-state index in [1.165, 1.54) is 0 Å². The molecular weight excluding hydrogens is 174 g/mol. The van der Waals surface area contributed by atoms with E-state index in [-0.39, 0.29) is 6.04 Å². The SMILES string of the molecule is CC(N)c1cccc(-n2cccn2)c1. The fourth-order valence-electron chi connectivity index (χ4n) is 1.37. The molecule has 2 N–H and O–H groups in total. The molecule has 1 unspecified atom stereocenters. The molecule has 1 aromatic carbocycles. The second kappa shape index (κ2) is 3.64. The maximum absolute atomic E-state index is 5.81. The molecule has 0 aliphatic carbocycles. The van der Waals surface area contributed by atoms with Crippen molar-refractivity contribution in [1.82, 2.24) is 9.78 Å². The first-order valence-corrected chi connectivity index (χ1v) is 4.63. The lowest BCUT2D eigenvalue weighted by Crippen LogP contribution is -2.05. The van der Waals surface area contributed by atoms with Gasteiger partial charge in [-0.05, 0) is 30.7 Å². The van der Waals surface area contributed by atoms with Crippen LogP contribution in [0.25, 0.3) is 5.69 Å². The van der Waals surface area contributed by atoms with Crippen molar-refractivity contribution in [2.24, 2.45) is 5.73 Å². The molecule has 0 spiro atoms. The van der Waals surface area contributed by atoms with Crippen LogP contribution in [0.3, 0.4) is 0 Å². The quantitative estimate of drug-likeness (QED) is 0.780. The van der Waals surface area contributed by atoms with E-state index in [1.807, 2.05) is 42.1 Å². The van der Waals surface area contributed by atoms with Gasteiger partial charge in [-0.2, -0.15) is 5.10 Å². The Labute approximate surface area is 83.2 Å². The summed E-state index contributed by atoms with van der Waals surface area (Å²) in [5.74, 6) is 0. The van der Waals surface area contributed by atoms with E-state index >= 15 is 0 Å². The minimum Gasteiger partial charge on any atom is -0.324 e. The lowest BCUT2D eigenvalue weighted by molar-refractivity contribution is 0.809. The third-order valence-corrected chi connectivity index (χ3v) is 2.16. The first-order chi connectivity index (χ1) is 6.77. The van der Waals surface area contributed by atoms with Gasteiger partial charge in [-0.1, -0.05) is 12.1 Å². The van der Waals surface area contributed by atoms with Gasteiger partial charge >= 0.3 is 0 Å². The molecule has 14 heavy (non-hydrogen) atoms. The van der Waals surface area contributed by atoms with Gasteiger partial charge in [0.05, 0.1) is 5.69 Å². The lowest BCUT2D eigenvalue weighted by atomic mass is 10.1. The van der Waals surface area contributed by atoms with Crippen LogP contribution in [0.1, 0.15) is 18.5 Å². The Bertz CT molecular complexity index is 404. The third-order valence-electron chi connectivity index (χ3n) is 2.16. The van der Waals surface area contributed by atoms with Crippen LogP contribution >= 0.6 is 0 Å². The van der Waals surface area contributed by atoms with E-state index in [2.05, 4.69) is 11.2 Å². The van der Waals surface area contributed by atoms with Gasteiger partial charge in [-0.25, -0.2) is 4.68 Å². The molecule has 1 atom stereocenters. The van der Waals surface area contributed by atoms with Crippen LogP contribution in [0.5, 0.6) is 0 Å². The highest BCUT2D eigenvalue weighted by Crippen LogP contribution is 2.14. The fraction of sp³-hybridized carbons (Fsp3) is 0.182. The highest BCUT2D eigenvalue weighted by molar-refractivity contribution is 5.36. The summed E-state index contributed by atoms with van der Waals surface area (Å²) in [6.07, 6.45) is 3.68. The van der Waals surface area contributed by atoms with Gasteiger partial charge in [0.15, 0.2) is 0 Å². The molecule has 0 radical (unpaired) electrons. The largest absolute Gasteiger partial charge is 0.324 e. The molecule has 1 aromatic heterocycles. The molecule has 0 fully saturated rings. The highest BCUT2D eigenvalue weighted by atomic mass is 15.3. The predicted octanol–water partition coefficient (Wildman–Crippen LogP) is 1.89. The second-order valence-electron chi connectivity index (χ2n) is 3.33. The van der Waals surface area contributed by atoms with Crippen molar-refractivity contribution in [3.8, 4) is 5.69 Å². The van der Waals surface area contributed by atoms with Crippen molar-refractivity contribution < 1.29 is 0 Å². The predicted molar refractivity (Wildman–Crippen MR) is 56.2 cm³/mol. The fourth-order valence-corrected chi connectivity index (χ4v) is 1.37. The Morgan fingerprint density at radius 1 is 1.36 bits per heavy atom. The van der Waals surface area contributed by atoms with Gasteiger partial charge in [0.2, 0.25) is 0 Å². The molecule has 2 rings (SSSR count). The Kier molecular flexibility index (Phi) is 2.33. The van der Waals surface area contributed by atoms with Gasteiger partial charge < -0.3 is 5.73 Å². The van der Waals surface area contributed by atoms with Crippen molar-refractivity contribution >= 4 is 0 Å². The lowest BCUT2D eigenvalue weighted by Gasteiger charge is -2.07. The van der Waals surface area contributed by atoms with E-state index < -0.39 is 0 Å². The summed E-state index contributed by atoms with van der Waals surface area (Å²) in [5.41, 5.74) is 7.98. The minimum atomic E-state index is 0.0607. The van der Waals surface area contributed by atoms with Crippen LogP contribution in [-0.2, 0) is 0 Å². The molecule has 0 aliphatic heterocycles. The Morgan fingerprint density at radius 2 is 2.21 bits per heavy atom. The smallest absolute Gasteiger partial charge is 0.0648 e. The number of nitrogens with zero attached hydrogens (tertiary/aromatic N) is 2. The second-order valence-corrected chi connectivity index (χ2v) is 3.33. The van der Waals surface area contributed by atoms with Crippen LogP contribution in [-0.4, -0.2) is 9.78 Å². The van der Waals surface area contributed by atoms with Crippen molar-refractivity contribution in [3.63, 3.8) is 0 Å². The maximum Gasteiger partial charge on any atom is 0.0648 e. The zero-order chi connectivity index (χ0) is 9.97. The molecule has 3 nitrogen and oxygen atoms in total. The molecule has 72 valence electrons. The number of hydrogen-bond acceptors (Lipinski definition) is 2. The molecule has 0 aliphatic rings. The third kappa shape index (κ3) is 1.67. The summed E-state index contributed by atoms with van der Waals surface area (Å²) < 4.78 is 1.83. The van der Waals surface area contributed by atoms with Crippen LogP contribution in [0.2, 0.25) is 0 Å². The number of rotatable bonds is 2. The van der Waals surface area contributed by atoms with Crippen molar-refractivity contribution in [1.29, 1.82) is 0 Å². The number of aromatic nitrogens is 2. The van der Waals surface area contributed by atoms with Gasteiger partial charge in [-0.3, -0.25) is 0 Å². The molecule has 1 heterocycles. The normalized spacial score (nSPS) is 12.7. The first-order valence-electron chi connectivity index (χ1n) is 4.63. The molecule has 0 amide bonds. The van der Waals surface area contributed by atoms with Crippen molar-refractivity contribution in [2.75, 3.05) is 0 Å². The summed E-state index contributed by atoms with van der Waals surface area (Å²) in [7, 11) is 0. The van der Waals surface area contributed by atoms with Crippen LogP contribution in [0.4, 0.5) is 0 Å². The van der Waals surface area contributed by atoms with Crippen molar-refractivity contribution in [3.05, 3.63) is 48.3 Å². The average Bonchev–Trinajstić information content (AvgIpc) is 2.71. The first kappa shape index (κ1) is 8.97. The van der Waals surface area contributed by atoms with Gasteiger partial charge in [0, 0.05) is 18.4 Å². The summed E-state index contributed by atoms with van der Waals surface area (Å²) >= 11 is 0. The molecular formula is C11H13N3. The van der Waals surface area contributed by atoms with Crippen LogP contribution < -0.4 is 5.73 Å². The molecule has 3 heteroatoms. The van der Waals surface area contributed by atoms with Gasteiger partial charge in [0.1, 0.15) is 0 Å². The summed E-state index contributed by atoms with van der Waals surface area (Å²) in [4.78, 5) is 0.